The zero-order chi connectivity index (χ0) is 24.3. The van der Waals surface area contributed by atoms with Crippen LogP contribution in [0.15, 0.2) is 65.6 Å². The van der Waals surface area contributed by atoms with Gasteiger partial charge in [0.05, 0.1) is 22.1 Å². The molecule has 0 aliphatic carbocycles. The molecule has 0 atom stereocenters. The predicted molar refractivity (Wildman–Crippen MR) is 131 cm³/mol. The van der Waals surface area contributed by atoms with Crippen LogP contribution in [0.5, 0.6) is 11.5 Å². The van der Waals surface area contributed by atoms with Gasteiger partial charge in [0.2, 0.25) is 10.0 Å². The summed E-state index contributed by atoms with van der Waals surface area (Å²) in [5, 5.41) is 3.12. The Hall–Kier alpha value is -2.78. The molecule has 0 spiro atoms. The second-order valence-corrected chi connectivity index (χ2v) is 10.4. The van der Waals surface area contributed by atoms with Crippen molar-refractivity contribution in [2.75, 3.05) is 25.6 Å². The summed E-state index contributed by atoms with van der Waals surface area (Å²) in [6.45, 7) is 0.382. The minimum absolute atomic E-state index is 0.0709. The molecule has 34 heavy (non-hydrogen) atoms. The number of nitrogens with zero attached hydrogens (tertiary/aromatic N) is 1. The molecule has 0 fully saturated rings. The summed E-state index contributed by atoms with van der Waals surface area (Å²) in [5.41, 5.74) is 2.63. The van der Waals surface area contributed by atoms with Crippen LogP contribution in [0.4, 0.5) is 5.69 Å². The SMILES string of the molecule is COc1ccc(NC(=O)COc2ccc(S(=O)(=O)N3CCc4ccccc4C3)cc2Cl)cc1Cl. The van der Waals surface area contributed by atoms with Crippen molar-refractivity contribution in [2.45, 2.75) is 17.9 Å². The topological polar surface area (TPSA) is 84.9 Å². The van der Waals surface area contributed by atoms with Gasteiger partial charge in [0.1, 0.15) is 11.5 Å². The minimum Gasteiger partial charge on any atom is -0.495 e. The van der Waals surface area contributed by atoms with Crippen molar-refractivity contribution in [2.24, 2.45) is 0 Å². The molecule has 1 N–H and O–H groups in total. The Morgan fingerprint density at radius 2 is 1.71 bits per heavy atom. The number of halogens is 2. The Morgan fingerprint density at radius 3 is 2.41 bits per heavy atom. The second kappa shape index (κ2) is 10.2. The van der Waals surface area contributed by atoms with Crippen molar-refractivity contribution in [1.29, 1.82) is 0 Å². The molecule has 1 aliphatic heterocycles. The van der Waals surface area contributed by atoms with Crippen molar-refractivity contribution in [3.63, 3.8) is 0 Å². The first kappa shape index (κ1) is 24.3. The fraction of sp³-hybridized carbons (Fsp3) is 0.208. The molecule has 7 nitrogen and oxygen atoms in total. The monoisotopic (exact) mass is 520 g/mol. The van der Waals surface area contributed by atoms with Crippen molar-refractivity contribution in [1.82, 2.24) is 4.31 Å². The maximum atomic E-state index is 13.1. The van der Waals surface area contributed by atoms with Crippen LogP contribution in [0.25, 0.3) is 0 Å². The Balaban J connectivity index is 1.40. The number of fused-ring (bicyclic) bond motifs is 1. The number of amides is 1. The molecule has 178 valence electrons. The molecular weight excluding hydrogens is 499 g/mol. The molecule has 1 amide bonds. The van der Waals surface area contributed by atoms with E-state index >= 15 is 0 Å². The van der Waals surface area contributed by atoms with Crippen molar-refractivity contribution < 1.29 is 22.7 Å². The molecule has 3 aromatic rings. The smallest absolute Gasteiger partial charge is 0.262 e. The molecule has 0 unspecified atom stereocenters. The van der Waals surface area contributed by atoms with E-state index in [4.69, 9.17) is 32.7 Å². The van der Waals surface area contributed by atoms with Gasteiger partial charge in [-0.05, 0) is 53.9 Å². The van der Waals surface area contributed by atoms with Crippen molar-refractivity contribution in [3.05, 3.63) is 81.8 Å². The third-order valence-corrected chi connectivity index (χ3v) is 7.86. The molecule has 0 saturated heterocycles. The number of hydrogen-bond donors (Lipinski definition) is 1. The van der Waals surface area contributed by atoms with Crippen LogP contribution in [-0.2, 0) is 27.8 Å². The fourth-order valence-electron chi connectivity index (χ4n) is 3.67. The number of anilines is 1. The first-order valence-corrected chi connectivity index (χ1v) is 12.6. The number of benzene rings is 3. The molecule has 0 saturated carbocycles. The van der Waals surface area contributed by atoms with Gasteiger partial charge in [0, 0.05) is 18.8 Å². The minimum atomic E-state index is -3.73. The van der Waals surface area contributed by atoms with Gasteiger partial charge in [-0.3, -0.25) is 4.79 Å². The van der Waals surface area contributed by atoms with Crippen molar-refractivity contribution >= 4 is 44.8 Å². The molecule has 0 bridgehead atoms. The first-order valence-electron chi connectivity index (χ1n) is 10.4. The summed E-state index contributed by atoms with van der Waals surface area (Å²) in [4.78, 5) is 12.3. The number of nitrogens with one attached hydrogen (secondary N) is 1. The highest BCUT2D eigenvalue weighted by atomic mass is 35.5. The van der Waals surface area contributed by atoms with Crippen LogP contribution in [-0.4, -0.2) is 38.9 Å². The van der Waals surface area contributed by atoms with E-state index in [1.54, 1.807) is 18.2 Å². The lowest BCUT2D eigenvalue weighted by Crippen LogP contribution is -2.35. The number of hydrogen-bond acceptors (Lipinski definition) is 5. The number of sulfonamides is 1. The number of carbonyl (C=O) groups excluding carboxylic acids is 1. The summed E-state index contributed by atoms with van der Waals surface area (Å²) in [6, 6.07) is 16.9. The average Bonchev–Trinajstić information content (AvgIpc) is 2.83. The van der Waals surface area contributed by atoms with Gasteiger partial charge in [-0.25, -0.2) is 8.42 Å². The first-order chi connectivity index (χ1) is 16.3. The zero-order valence-electron chi connectivity index (χ0n) is 18.3. The molecule has 10 heteroatoms. The average molecular weight is 521 g/mol. The van der Waals surface area contributed by atoms with E-state index in [1.807, 2.05) is 24.3 Å². The van der Waals surface area contributed by atoms with Crippen LogP contribution in [0.3, 0.4) is 0 Å². The number of ether oxygens (including phenoxy) is 2. The van der Waals surface area contributed by atoms with E-state index in [0.717, 1.165) is 11.1 Å². The molecule has 1 heterocycles. The number of rotatable bonds is 7. The zero-order valence-corrected chi connectivity index (χ0v) is 20.6. The standard InChI is InChI=1S/C24H22Cl2N2O5S/c1-32-22-8-6-18(12-20(22)25)27-24(29)15-33-23-9-7-19(13-21(23)26)34(30,31)28-11-10-16-4-2-3-5-17(16)14-28/h2-9,12-13H,10-11,14-15H2,1H3,(H,27,29). The van der Waals surface area contributed by atoms with Crippen LogP contribution in [0.2, 0.25) is 10.0 Å². The highest BCUT2D eigenvalue weighted by Gasteiger charge is 2.28. The second-order valence-electron chi connectivity index (χ2n) is 7.64. The van der Waals surface area contributed by atoms with E-state index < -0.39 is 15.9 Å². The van der Waals surface area contributed by atoms with Crippen LogP contribution < -0.4 is 14.8 Å². The van der Waals surface area contributed by atoms with Gasteiger partial charge in [0.25, 0.3) is 5.91 Å². The Bertz CT molecular complexity index is 1330. The van der Waals surface area contributed by atoms with E-state index in [-0.39, 0.29) is 22.3 Å². The van der Waals surface area contributed by atoms with Gasteiger partial charge in [-0.2, -0.15) is 4.31 Å². The summed E-state index contributed by atoms with van der Waals surface area (Å²) in [5.74, 6) is 0.264. The van der Waals surface area contributed by atoms with Gasteiger partial charge in [0.15, 0.2) is 6.61 Å². The molecule has 3 aromatic carbocycles. The number of carbonyl (C=O) groups is 1. The van der Waals surface area contributed by atoms with Gasteiger partial charge in [-0.15, -0.1) is 0 Å². The van der Waals surface area contributed by atoms with E-state index in [9.17, 15) is 13.2 Å². The van der Waals surface area contributed by atoms with Crippen LogP contribution in [0.1, 0.15) is 11.1 Å². The lowest BCUT2D eigenvalue weighted by molar-refractivity contribution is -0.118. The van der Waals surface area contributed by atoms with E-state index in [2.05, 4.69) is 5.32 Å². The predicted octanol–water partition coefficient (Wildman–Crippen LogP) is 4.77. The largest absolute Gasteiger partial charge is 0.495 e. The lowest BCUT2D eigenvalue weighted by Gasteiger charge is -2.28. The van der Waals surface area contributed by atoms with Crippen LogP contribution in [0, 0.1) is 0 Å². The van der Waals surface area contributed by atoms with Crippen molar-refractivity contribution in [3.8, 4) is 11.5 Å². The van der Waals surface area contributed by atoms with E-state index in [1.165, 1.54) is 29.6 Å². The maximum Gasteiger partial charge on any atom is 0.262 e. The summed E-state index contributed by atoms with van der Waals surface area (Å²) in [6.07, 6.45) is 0.652. The van der Waals surface area contributed by atoms with Crippen LogP contribution >= 0.6 is 23.2 Å². The summed E-state index contributed by atoms with van der Waals surface area (Å²) in [7, 11) is -2.24. The molecule has 1 aliphatic rings. The third kappa shape index (κ3) is 5.31. The molecular formula is C24H22Cl2N2O5S. The van der Waals surface area contributed by atoms with Gasteiger partial charge in [-0.1, -0.05) is 47.5 Å². The highest BCUT2D eigenvalue weighted by molar-refractivity contribution is 7.89. The van der Waals surface area contributed by atoms with Gasteiger partial charge >= 0.3 is 0 Å². The Labute approximate surface area is 208 Å². The Kier molecular flexibility index (Phi) is 7.33. The summed E-state index contributed by atoms with van der Waals surface area (Å²) >= 11 is 12.3. The number of methoxy groups -OCH3 is 1. The normalized spacial score (nSPS) is 13.7. The Morgan fingerprint density at radius 1 is 1.00 bits per heavy atom. The van der Waals surface area contributed by atoms with Gasteiger partial charge < -0.3 is 14.8 Å². The molecule has 0 aromatic heterocycles. The maximum absolute atomic E-state index is 13.1. The molecule has 0 radical (unpaired) electrons. The lowest BCUT2D eigenvalue weighted by atomic mass is 10.0. The summed E-state index contributed by atoms with van der Waals surface area (Å²) < 4.78 is 38.3. The highest BCUT2D eigenvalue weighted by Crippen LogP contribution is 2.31. The molecule has 4 rings (SSSR count). The fourth-order valence-corrected chi connectivity index (χ4v) is 5.67. The third-order valence-electron chi connectivity index (χ3n) is 5.43. The quantitative estimate of drug-likeness (QED) is 0.485. The van der Waals surface area contributed by atoms with E-state index in [0.29, 0.717) is 36.0 Å².